The molecule has 8 heteroatoms. The van der Waals surface area contributed by atoms with Gasteiger partial charge < -0.3 is 4.55 Å². The summed E-state index contributed by atoms with van der Waals surface area (Å²) in [6, 6.07) is 5.33. The van der Waals surface area contributed by atoms with Gasteiger partial charge in [0.05, 0.1) is 4.90 Å². The molecule has 0 aliphatic carbocycles. The summed E-state index contributed by atoms with van der Waals surface area (Å²) in [6.07, 6.45) is 0. The van der Waals surface area contributed by atoms with Crippen LogP contribution in [0.25, 0.3) is 0 Å². The first-order valence-electron chi connectivity index (χ1n) is 5.13. The quantitative estimate of drug-likeness (QED) is 0.463. The van der Waals surface area contributed by atoms with E-state index in [1.54, 1.807) is 13.8 Å². The van der Waals surface area contributed by atoms with Crippen molar-refractivity contribution in [3.63, 3.8) is 0 Å². The van der Waals surface area contributed by atoms with Gasteiger partial charge >= 0.3 is 29.6 Å². The van der Waals surface area contributed by atoms with Crippen LogP contribution in [0.4, 0.5) is 0 Å². The van der Waals surface area contributed by atoms with Gasteiger partial charge in [0.25, 0.3) is 0 Å². The van der Waals surface area contributed by atoms with Gasteiger partial charge in [0.2, 0.25) is 10.0 Å². The molecule has 0 aliphatic rings. The molecule has 0 radical (unpaired) electrons. The largest absolute Gasteiger partial charge is 1.00 e. The molecular formula is C10H14NNaO4S2. The maximum absolute atomic E-state index is 12.1. The Labute approximate surface area is 132 Å². The van der Waals surface area contributed by atoms with Crippen molar-refractivity contribution >= 4 is 21.1 Å². The second-order valence-corrected chi connectivity index (χ2v) is 6.18. The average molecular weight is 299 g/mol. The molecule has 0 saturated carbocycles. The van der Waals surface area contributed by atoms with E-state index < -0.39 is 21.1 Å². The molecule has 1 aromatic carbocycles. The molecule has 0 N–H and O–H groups in total. The first-order valence-corrected chi connectivity index (χ1v) is 7.64. The van der Waals surface area contributed by atoms with Gasteiger partial charge in [-0.25, -0.2) is 8.42 Å². The van der Waals surface area contributed by atoms with E-state index >= 15 is 0 Å². The standard InChI is InChI=1S/C10H15NO4S2.Na/c1-3-11(4-2)17(14,15)10-7-5-6-9(8-10)16(12)13;/h5-8H,3-4H2,1-2H3,(H,12,13);/q;+1/p-1. The summed E-state index contributed by atoms with van der Waals surface area (Å²) in [5.41, 5.74) is 0. The van der Waals surface area contributed by atoms with E-state index in [1.165, 1.54) is 22.5 Å². The average Bonchev–Trinajstić information content (AvgIpc) is 2.30. The molecule has 0 aliphatic heterocycles. The molecule has 0 heterocycles. The third-order valence-corrected chi connectivity index (χ3v) is 5.03. The molecule has 1 atom stereocenters. The zero-order valence-electron chi connectivity index (χ0n) is 10.6. The van der Waals surface area contributed by atoms with Crippen LogP contribution in [0.1, 0.15) is 13.8 Å². The second-order valence-electron chi connectivity index (χ2n) is 3.30. The molecule has 0 saturated heterocycles. The maximum atomic E-state index is 12.1. The van der Waals surface area contributed by atoms with E-state index in [0.717, 1.165) is 6.07 Å². The first kappa shape index (κ1) is 18.2. The Morgan fingerprint density at radius 1 is 1.28 bits per heavy atom. The summed E-state index contributed by atoms with van der Waals surface area (Å²) < 4.78 is 47.0. The van der Waals surface area contributed by atoms with Gasteiger partial charge in [0.1, 0.15) is 0 Å². The summed E-state index contributed by atoms with van der Waals surface area (Å²) in [6.45, 7) is 4.17. The fraction of sp³-hybridized carbons (Fsp3) is 0.400. The number of hydrogen-bond donors (Lipinski definition) is 0. The van der Waals surface area contributed by atoms with Crippen LogP contribution in [0.5, 0.6) is 0 Å². The molecule has 0 fully saturated rings. The Hall–Kier alpha value is 0.240. The number of sulfonamides is 1. The van der Waals surface area contributed by atoms with Crippen molar-refractivity contribution in [3.8, 4) is 0 Å². The molecule has 1 unspecified atom stereocenters. The van der Waals surface area contributed by atoms with Crippen LogP contribution < -0.4 is 29.6 Å². The van der Waals surface area contributed by atoms with Crippen molar-refractivity contribution in [1.29, 1.82) is 0 Å². The first-order chi connectivity index (χ1) is 7.93. The summed E-state index contributed by atoms with van der Waals surface area (Å²) >= 11 is -2.42. The van der Waals surface area contributed by atoms with Gasteiger partial charge in [-0.2, -0.15) is 4.31 Å². The topological polar surface area (TPSA) is 77.5 Å². The number of rotatable bonds is 5. The van der Waals surface area contributed by atoms with E-state index in [0.29, 0.717) is 13.1 Å². The van der Waals surface area contributed by atoms with Crippen LogP contribution in [0.3, 0.4) is 0 Å². The van der Waals surface area contributed by atoms with Crippen LogP contribution in [-0.4, -0.2) is 34.6 Å². The minimum absolute atomic E-state index is 0. The molecule has 0 spiro atoms. The van der Waals surface area contributed by atoms with Crippen molar-refractivity contribution in [2.45, 2.75) is 23.6 Å². The Balaban J connectivity index is 0.00000289. The Bertz CT molecular complexity index is 514. The minimum atomic E-state index is -3.60. The minimum Gasteiger partial charge on any atom is -0.768 e. The fourth-order valence-electron chi connectivity index (χ4n) is 1.45. The van der Waals surface area contributed by atoms with Crippen LogP contribution in [0.2, 0.25) is 0 Å². The normalized spacial score (nSPS) is 13.1. The third kappa shape index (κ3) is 4.12. The smallest absolute Gasteiger partial charge is 0.768 e. The number of nitrogens with zero attached hydrogens (tertiary/aromatic N) is 1. The SMILES string of the molecule is CCN(CC)S(=O)(=O)c1cccc(S(=O)[O-])c1.[Na+]. The van der Waals surface area contributed by atoms with Gasteiger partial charge in [0, 0.05) is 18.0 Å². The molecule has 1 rings (SSSR count). The summed E-state index contributed by atoms with van der Waals surface area (Å²) in [5.74, 6) is 0. The zero-order chi connectivity index (χ0) is 13.1. The summed E-state index contributed by atoms with van der Waals surface area (Å²) in [4.78, 5) is -0.0267. The second kappa shape index (κ2) is 7.74. The zero-order valence-corrected chi connectivity index (χ0v) is 14.3. The van der Waals surface area contributed by atoms with Crippen molar-refractivity contribution in [2.24, 2.45) is 0 Å². The van der Waals surface area contributed by atoms with Crippen LogP contribution in [-0.2, 0) is 21.1 Å². The van der Waals surface area contributed by atoms with Crippen molar-refractivity contribution in [1.82, 2.24) is 4.31 Å². The van der Waals surface area contributed by atoms with E-state index in [9.17, 15) is 17.2 Å². The monoisotopic (exact) mass is 299 g/mol. The summed E-state index contributed by atoms with van der Waals surface area (Å²) in [5, 5.41) is 0. The fourth-order valence-corrected chi connectivity index (χ4v) is 3.44. The van der Waals surface area contributed by atoms with Crippen LogP contribution in [0.15, 0.2) is 34.1 Å². The van der Waals surface area contributed by atoms with E-state index in [1.807, 2.05) is 0 Å². The Morgan fingerprint density at radius 3 is 2.28 bits per heavy atom. The maximum Gasteiger partial charge on any atom is 1.00 e. The predicted octanol–water partition coefficient (Wildman–Crippen LogP) is -2.04. The van der Waals surface area contributed by atoms with E-state index in [4.69, 9.17) is 0 Å². The van der Waals surface area contributed by atoms with Crippen molar-refractivity contribution in [2.75, 3.05) is 13.1 Å². The van der Waals surface area contributed by atoms with Crippen molar-refractivity contribution in [3.05, 3.63) is 24.3 Å². The molecule has 0 bridgehead atoms. The van der Waals surface area contributed by atoms with Crippen LogP contribution >= 0.6 is 0 Å². The van der Waals surface area contributed by atoms with Gasteiger partial charge in [0.15, 0.2) is 0 Å². The Morgan fingerprint density at radius 2 is 1.83 bits per heavy atom. The van der Waals surface area contributed by atoms with Gasteiger partial charge in [-0.15, -0.1) is 0 Å². The van der Waals surface area contributed by atoms with Crippen molar-refractivity contribution < 1.29 is 46.7 Å². The molecule has 0 aromatic heterocycles. The van der Waals surface area contributed by atoms with Crippen LogP contribution in [0, 0.1) is 0 Å². The number of hydrogen-bond acceptors (Lipinski definition) is 4. The molecule has 96 valence electrons. The van der Waals surface area contributed by atoms with Gasteiger partial charge in [-0.1, -0.05) is 19.9 Å². The third-order valence-electron chi connectivity index (χ3n) is 2.34. The van der Waals surface area contributed by atoms with E-state index in [2.05, 4.69) is 0 Å². The number of benzene rings is 1. The molecule has 0 amide bonds. The molecule has 1 aromatic rings. The van der Waals surface area contributed by atoms with Gasteiger partial charge in [-0.3, -0.25) is 4.21 Å². The molecule has 18 heavy (non-hydrogen) atoms. The van der Waals surface area contributed by atoms with E-state index in [-0.39, 0.29) is 39.3 Å². The summed E-state index contributed by atoms with van der Waals surface area (Å²) in [7, 11) is -3.60. The molecule has 5 nitrogen and oxygen atoms in total. The van der Waals surface area contributed by atoms with Gasteiger partial charge in [-0.05, 0) is 29.3 Å². The Kier molecular flexibility index (Phi) is 7.84. The predicted molar refractivity (Wildman–Crippen MR) is 63.7 cm³/mol. The molecular weight excluding hydrogens is 285 g/mol.